The minimum absolute atomic E-state index is 0.0384. The molecule has 4 aromatic rings. The van der Waals surface area contributed by atoms with Crippen LogP contribution in [-0.4, -0.2) is 30.0 Å². The maximum atomic E-state index is 13.2. The molecule has 4 rings (SSSR count). The van der Waals surface area contributed by atoms with Gasteiger partial charge < -0.3 is 24.7 Å². The Labute approximate surface area is 195 Å². The van der Waals surface area contributed by atoms with Crippen molar-refractivity contribution in [1.82, 2.24) is 10.0 Å². The molecule has 1 aromatic heterocycles. The van der Waals surface area contributed by atoms with Crippen LogP contribution in [0.15, 0.2) is 77.6 Å². The van der Waals surface area contributed by atoms with E-state index in [4.69, 9.17) is 14.3 Å². The molecule has 0 bridgehead atoms. The number of carbonyl (C=O) groups is 1. The smallest absolute Gasteiger partial charge is 0.294 e. The number of nitrogens with zero attached hydrogens (tertiary/aromatic N) is 1. The number of fused-ring (bicyclic) bond motifs is 1. The van der Waals surface area contributed by atoms with Crippen molar-refractivity contribution in [1.29, 1.82) is 0 Å². The summed E-state index contributed by atoms with van der Waals surface area (Å²) < 4.78 is 11.3. The fraction of sp³-hybridized carbons (Fsp3) is 0.154. The van der Waals surface area contributed by atoms with Gasteiger partial charge in [-0.2, -0.15) is 0 Å². The second-order valence-electron chi connectivity index (χ2n) is 7.46. The van der Waals surface area contributed by atoms with Gasteiger partial charge in [0.1, 0.15) is 23.7 Å². The second-order valence-corrected chi connectivity index (χ2v) is 7.46. The summed E-state index contributed by atoms with van der Waals surface area (Å²) in [4.78, 5) is 31.8. The molecule has 0 aliphatic carbocycles. The van der Waals surface area contributed by atoms with Gasteiger partial charge in [-0.3, -0.25) is 9.59 Å². The molecule has 174 valence electrons. The third-order valence-corrected chi connectivity index (χ3v) is 5.39. The first-order valence-electron chi connectivity index (χ1n) is 10.6. The molecule has 8 heteroatoms. The third-order valence-electron chi connectivity index (χ3n) is 5.39. The number of aromatic nitrogens is 1. The van der Waals surface area contributed by atoms with Gasteiger partial charge in [0.2, 0.25) is 5.88 Å². The van der Waals surface area contributed by atoms with Crippen molar-refractivity contribution in [3.8, 4) is 17.4 Å². The van der Waals surface area contributed by atoms with E-state index in [0.717, 1.165) is 10.3 Å². The fourth-order valence-electron chi connectivity index (χ4n) is 3.63. The Morgan fingerprint density at radius 2 is 1.65 bits per heavy atom. The summed E-state index contributed by atoms with van der Waals surface area (Å²) in [6.45, 7) is 0.167. The lowest BCUT2D eigenvalue weighted by molar-refractivity contribution is 0.0698. The monoisotopic (exact) mass is 460 g/mol. The topological polar surface area (TPSA) is 99.0 Å². The predicted molar refractivity (Wildman–Crippen MR) is 127 cm³/mol. The van der Waals surface area contributed by atoms with Crippen LogP contribution in [0.5, 0.6) is 17.4 Å². The summed E-state index contributed by atoms with van der Waals surface area (Å²) in [7, 11) is 3.08. The number of benzene rings is 3. The van der Waals surface area contributed by atoms with Crippen LogP contribution in [0.4, 0.5) is 0 Å². The predicted octanol–water partition coefficient (Wildman–Crippen LogP) is 3.28. The number of nitrogens with one attached hydrogen (secondary N) is 1. The minimum Gasteiger partial charge on any atom is -0.497 e. The van der Waals surface area contributed by atoms with E-state index >= 15 is 0 Å². The van der Waals surface area contributed by atoms with Gasteiger partial charge in [-0.15, -0.1) is 4.73 Å². The van der Waals surface area contributed by atoms with E-state index in [-0.39, 0.29) is 24.1 Å². The van der Waals surface area contributed by atoms with Crippen LogP contribution >= 0.6 is 0 Å². The number of hydrogen-bond donors (Lipinski definition) is 2. The SMILES string of the molecule is COc1ccc(CNC(=O)c2c(O)n(OCc3ccccc3)c(=O)c3ccccc23)c(OC)c1. The standard InChI is InChI=1S/C26H24N2O6/c1-32-19-13-12-18(22(14-19)33-2)15-27-24(29)23-20-10-6-7-11-21(20)25(30)28(26(23)31)34-16-17-8-4-3-5-9-17/h3-14,31H,15-16H2,1-2H3,(H,27,29). The first-order chi connectivity index (χ1) is 16.5. The van der Waals surface area contributed by atoms with Crippen LogP contribution in [0.3, 0.4) is 0 Å². The highest BCUT2D eigenvalue weighted by atomic mass is 16.7. The van der Waals surface area contributed by atoms with E-state index in [9.17, 15) is 14.7 Å². The van der Waals surface area contributed by atoms with Gasteiger partial charge in [-0.25, -0.2) is 0 Å². The second kappa shape index (κ2) is 9.99. The average Bonchev–Trinajstić information content (AvgIpc) is 2.88. The lowest BCUT2D eigenvalue weighted by atomic mass is 10.1. The molecular formula is C26H24N2O6. The van der Waals surface area contributed by atoms with Gasteiger partial charge >= 0.3 is 0 Å². The zero-order valence-corrected chi connectivity index (χ0v) is 18.8. The summed E-state index contributed by atoms with van der Waals surface area (Å²) in [6.07, 6.45) is 0. The summed E-state index contributed by atoms with van der Waals surface area (Å²) >= 11 is 0. The lowest BCUT2D eigenvalue weighted by Gasteiger charge is -2.16. The highest BCUT2D eigenvalue weighted by Crippen LogP contribution is 2.26. The van der Waals surface area contributed by atoms with E-state index in [0.29, 0.717) is 22.4 Å². The Balaban J connectivity index is 1.67. The molecule has 34 heavy (non-hydrogen) atoms. The summed E-state index contributed by atoms with van der Waals surface area (Å²) in [6, 6.07) is 21.0. The minimum atomic E-state index is -0.571. The molecule has 8 nitrogen and oxygen atoms in total. The van der Waals surface area contributed by atoms with Gasteiger partial charge in [0.25, 0.3) is 11.5 Å². The number of methoxy groups -OCH3 is 2. The van der Waals surface area contributed by atoms with Gasteiger partial charge in [0, 0.05) is 23.6 Å². The number of pyridine rings is 1. The van der Waals surface area contributed by atoms with E-state index in [1.54, 1.807) is 49.6 Å². The number of aromatic hydroxyl groups is 1. The Morgan fingerprint density at radius 1 is 0.941 bits per heavy atom. The Hall–Kier alpha value is -4.46. The van der Waals surface area contributed by atoms with Crippen molar-refractivity contribution in [3.63, 3.8) is 0 Å². The molecule has 0 atom stereocenters. The summed E-state index contributed by atoms with van der Waals surface area (Å²) in [5.74, 6) is 0.0329. The van der Waals surface area contributed by atoms with Gasteiger partial charge in [0.05, 0.1) is 19.6 Å². The summed E-state index contributed by atoms with van der Waals surface area (Å²) in [5, 5.41) is 14.3. The van der Waals surface area contributed by atoms with Crippen LogP contribution in [0.25, 0.3) is 10.8 Å². The maximum absolute atomic E-state index is 13.2. The highest BCUT2D eigenvalue weighted by Gasteiger charge is 2.23. The zero-order valence-electron chi connectivity index (χ0n) is 18.8. The zero-order chi connectivity index (χ0) is 24.1. The number of hydrogen-bond acceptors (Lipinski definition) is 6. The van der Waals surface area contributed by atoms with Crippen LogP contribution in [0.1, 0.15) is 21.5 Å². The fourth-order valence-corrected chi connectivity index (χ4v) is 3.63. The Kier molecular flexibility index (Phi) is 6.68. The molecular weight excluding hydrogens is 436 g/mol. The van der Waals surface area contributed by atoms with E-state index < -0.39 is 17.3 Å². The van der Waals surface area contributed by atoms with Crippen molar-refractivity contribution < 1.29 is 24.2 Å². The molecule has 2 N–H and O–H groups in total. The van der Waals surface area contributed by atoms with E-state index in [1.807, 2.05) is 30.3 Å². The molecule has 1 amide bonds. The molecule has 3 aromatic carbocycles. The molecule has 1 heterocycles. The Morgan fingerprint density at radius 3 is 2.35 bits per heavy atom. The van der Waals surface area contributed by atoms with Crippen LogP contribution < -0.4 is 25.2 Å². The van der Waals surface area contributed by atoms with Crippen LogP contribution in [0, 0.1) is 0 Å². The molecule has 0 saturated heterocycles. The van der Waals surface area contributed by atoms with E-state index in [1.165, 1.54) is 7.11 Å². The van der Waals surface area contributed by atoms with Crippen molar-refractivity contribution in [2.75, 3.05) is 14.2 Å². The quantitative estimate of drug-likeness (QED) is 0.419. The Bertz CT molecular complexity index is 1380. The van der Waals surface area contributed by atoms with Gasteiger partial charge in [-0.05, 0) is 23.8 Å². The number of ether oxygens (including phenoxy) is 2. The molecule has 0 saturated carbocycles. The molecule has 0 unspecified atom stereocenters. The maximum Gasteiger partial charge on any atom is 0.294 e. The highest BCUT2D eigenvalue weighted by molar-refractivity contribution is 6.08. The lowest BCUT2D eigenvalue weighted by Crippen LogP contribution is -2.31. The normalized spacial score (nSPS) is 10.6. The largest absolute Gasteiger partial charge is 0.497 e. The molecule has 0 spiro atoms. The number of carbonyl (C=O) groups excluding carboxylic acids is 1. The first-order valence-corrected chi connectivity index (χ1v) is 10.6. The number of rotatable bonds is 8. The molecule has 0 fully saturated rings. The van der Waals surface area contributed by atoms with Gasteiger partial charge in [0.15, 0.2) is 0 Å². The van der Waals surface area contributed by atoms with Crippen molar-refractivity contribution >= 4 is 16.7 Å². The number of amides is 1. The summed E-state index contributed by atoms with van der Waals surface area (Å²) in [5.41, 5.74) is 0.904. The van der Waals surface area contributed by atoms with Crippen molar-refractivity contribution in [2.45, 2.75) is 13.2 Å². The molecule has 0 radical (unpaired) electrons. The van der Waals surface area contributed by atoms with Crippen LogP contribution in [0.2, 0.25) is 0 Å². The molecule has 0 aliphatic rings. The van der Waals surface area contributed by atoms with E-state index in [2.05, 4.69) is 5.32 Å². The van der Waals surface area contributed by atoms with Crippen molar-refractivity contribution in [2.24, 2.45) is 0 Å². The molecule has 0 aliphatic heterocycles. The third kappa shape index (κ3) is 4.52. The van der Waals surface area contributed by atoms with Gasteiger partial charge in [-0.1, -0.05) is 48.5 Å². The first kappa shape index (κ1) is 22.7. The average molecular weight is 460 g/mol. The van der Waals surface area contributed by atoms with Crippen molar-refractivity contribution in [3.05, 3.63) is 99.8 Å². The van der Waals surface area contributed by atoms with Crippen LogP contribution in [-0.2, 0) is 13.2 Å².